The van der Waals surface area contributed by atoms with Gasteiger partial charge in [0, 0.05) is 6.04 Å². The molecule has 2 heterocycles. The zero-order chi connectivity index (χ0) is 12.6. The van der Waals surface area contributed by atoms with Gasteiger partial charge in [0.1, 0.15) is 0 Å². The zero-order valence-corrected chi connectivity index (χ0v) is 11.4. The molecule has 0 aromatic heterocycles. The fourth-order valence-electron chi connectivity index (χ4n) is 3.01. The van der Waals surface area contributed by atoms with Crippen molar-refractivity contribution in [1.82, 2.24) is 15.1 Å². The van der Waals surface area contributed by atoms with E-state index in [1.807, 2.05) is 0 Å². The predicted octanol–water partition coefficient (Wildman–Crippen LogP) is 0.883. The molecule has 0 saturated carbocycles. The molecule has 2 rings (SSSR count). The number of hydrogen-bond donors (Lipinski definition) is 1. The highest BCUT2D eigenvalue weighted by Crippen LogP contribution is 2.24. The van der Waals surface area contributed by atoms with E-state index in [0.29, 0.717) is 17.9 Å². The van der Waals surface area contributed by atoms with Crippen molar-refractivity contribution in [3.8, 4) is 0 Å². The molecule has 0 aliphatic carbocycles. The van der Waals surface area contributed by atoms with Gasteiger partial charge in [0.25, 0.3) is 0 Å². The highest BCUT2D eigenvalue weighted by atomic mass is 16.2. The Morgan fingerprint density at radius 1 is 1.29 bits per heavy atom. The van der Waals surface area contributed by atoms with Crippen LogP contribution in [0.5, 0.6) is 0 Å². The molecule has 0 aromatic rings. The Morgan fingerprint density at radius 3 is 2.35 bits per heavy atom. The second-order valence-corrected chi connectivity index (χ2v) is 5.84. The first-order valence-corrected chi connectivity index (χ1v) is 6.77. The van der Waals surface area contributed by atoms with Crippen LogP contribution in [0.25, 0.3) is 0 Å². The summed E-state index contributed by atoms with van der Waals surface area (Å²) in [6.45, 7) is 8.54. The topological polar surface area (TPSA) is 35.6 Å². The Bertz CT molecular complexity index is 284. The summed E-state index contributed by atoms with van der Waals surface area (Å²) in [5.41, 5.74) is 0. The van der Waals surface area contributed by atoms with E-state index in [9.17, 15) is 4.79 Å². The molecule has 2 fully saturated rings. The van der Waals surface area contributed by atoms with Gasteiger partial charge < -0.3 is 9.80 Å². The molecule has 0 radical (unpaired) electrons. The summed E-state index contributed by atoms with van der Waals surface area (Å²) in [5.74, 6) is 0.684. The third kappa shape index (κ3) is 2.47. The molecular formula is C13H25N3O. The summed E-state index contributed by atoms with van der Waals surface area (Å²) in [6, 6.07) is 0.453. The number of likely N-dealkylation sites (tertiary alicyclic amines) is 1. The Kier molecular flexibility index (Phi) is 3.73. The van der Waals surface area contributed by atoms with E-state index in [4.69, 9.17) is 0 Å². The second-order valence-electron chi connectivity index (χ2n) is 5.84. The maximum absolute atomic E-state index is 12.4. The van der Waals surface area contributed by atoms with Gasteiger partial charge in [0.2, 0.25) is 5.91 Å². The molecule has 17 heavy (non-hydrogen) atoms. The van der Waals surface area contributed by atoms with Crippen LogP contribution in [0.15, 0.2) is 0 Å². The number of carbonyl (C=O) groups is 1. The van der Waals surface area contributed by atoms with Crippen molar-refractivity contribution in [2.45, 2.75) is 51.9 Å². The molecule has 1 N–H and O–H groups in total. The van der Waals surface area contributed by atoms with Crippen LogP contribution in [-0.4, -0.2) is 54.1 Å². The van der Waals surface area contributed by atoms with Gasteiger partial charge in [-0.15, -0.1) is 0 Å². The van der Waals surface area contributed by atoms with Crippen molar-refractivity contribution < 1.29 is 4.79 Å². The lowest BCUT2D eigenvalue weighted by atomic mass is 10.0. The third-order valence-electron chi connectivity index (χ3n) is 4.11. The van der Waals surface area contributed by atoms with E-state index in [1.54, 1.807) is 0 Å². The monoisotopic (exact) mass is 239 g/mol. The molecule has 2 aliphatic rings. The largest absolute Gasteiger partial charge is 0.323 e. The van der Waals surface area contributed by atoms with Crippen molar-refractivity contribution in [3.63, 3.8) is 0 Å². The molecule has 0 aromatic carbocycles. The zero-order valence-electron chi connectivity index (χ0n) is 11.4. The molecule has 0 spiro atoms. The Labute approximate surface area is 104 Å². The van der Waals surface area contributed by atoms with E-state index < -0.39 is 0 Å². The van der Waals surface area contributed by atoms with Crippen LogP contribution < -0.4 is 5.32 Å². The van der Waals surface area contributed by atoms with Crippen molar-refractivity contribution in [2.75, 3.05) is 20.1 Å². The SMILES string of the molecule is CC(C)C1NC(C)N(C2CCN(C)CC2)C1=O. The minimum atomic E-state index is 0.0182. The van der Waals surface area contributed by atoms with Crippen molar-refractivity contribution >= 4 is 5.91 Å². The number of hydrogen-bond acceptors (Lipinski definition) is 3. The molecule has 98 valence electrons. The molecular weight excluding hydrogens is 214 g/mol. The summed E-state index contributed by atoms with van der Waals surface area (Å²) < 4.78 is 0. The van der Waals surface area contributed by atoms with Crippen LogP contribution in [0.4, 0.5) is 0 Å². The highest BCUT2D eigenvalue weighted by molar-refractivity contribution is 5.84. The van der Waals surface area contributed by atoms with Crippen LogP contribution in [0.1, 0.15) is 33.6 Å². The van der Waals surface area contributed by atoms with Crippen LogP contribution in [0, 0.1) is 5.92 Å². The fourth-order valence-corrected chi connectivity index (χ4v) is 3.01. The molecule has 2 aliphatic heterocycles. The van der Waals surface area contributed by atoms with Crippen molar-refractivity contribution in [1.29, 1.82) is 0 Å². The first kappa shape index (κ1) is 12.8. The lowest BCUT2D eigenvalue weighted by Crippen LogP contribution is -2.48. The van der Waals surface area contributed by atoms with Gasteiger partial charge in [-0.25, -0.2) is 0 Å². The number of nitrogens with one attached hydrogen (secondary N) is 1. The third-order valence-corrected chi connectivity index (χ3v) is 4.11. The predicted molar refractivity (Wildman–Crippen MR) is 68.6 cm³/mol. The fraction of sp³-hybridized carbons (Fsp3) is 0.923. The number of amides is 1. The minimum Gasteiger partial charge on any atom is -0.323 e. The minimum absolute atomic E-state index is 0.0182. The normalized spacial score (nSPS) is 32.8. The maximum atomic E-state index is 12.4. The van der Waals surface area contributed by atoms with Gasteiger partial charge in [0.05, 0.1) is 12.2 Å². The van der Waals surface area contributed by atoms with E-state index in [2.05, 4.69) is 42.9 Å². The van der Waals surface area contributed by atoms with Crippen LogP contribution in [0.3, 0.4) is 0 Å². The summed E-state index contributed by atoms with van der Waals surface area (Å²) in [5, 5.41) is 3.42. The van der Waals surface area contributed by atoms with Crippen LogP contribution in [-0.2, 0) is 4.79 Å². The van der Waals surface area contributed by atoms with E-state index in [1.165, 1.54) is 0 Å². The van der Waals surface area contributed by atoms with Gasteiger partial charge >= 0.3 is 0 Å². The Balaban J connectivity index is 2.03. The van der Waals surface area contributed by atoms with Gasteiger partial charge in [-0.2, -0.15) is 0 Å². The van der Waals surface area contributed by atoms with E-state index in [-0.39, 0.29) is 12.2 Å². The van der Waals surface area contributed by atoms with E-state index >= 15 is 0 Å². The standard InChI is InChI=1S/C13H25N3O/c1-9(2)12-13(17)16(10(3)14-12)11-5-7-15(4)8-6-11/h9-12,14H,5-8H2,1-4H3. The number of carbonyl (C=O) groups excluding carboxylic acids is 1. The van der Waals surface area contributed by atoms with Crippen LogP contribution in [0.2, 0.25) is 0 Å². The summed E-state index contributed by atoms with van der Waals surface area (Å²) in [4.78, 5) is 16.8. The first-order chi connectivity index (χ1) is 8.00. The van der Waals surface area contributed by atoms with Crippen molar-refractivity contribution in [3.05, 3.63) is 0 Å². The summed E-state index contributed by atoms with van der Waals surface area (Å²) >= 11 is 0. The molecule has 2 unspecified atom stereocenters. The quantitative estimate of drug-likeness (QED) is 0.777. The highest BCUT2D eigenvalue weighted by Gasteiger charge is 2.41. The molecule has 4 heteroatoms. The first-order valence-electron chi connectivity index (χ1n) is 6.77. The molecule has 0 bridgehead atoms. The molecule has 2 saturated heterocycles. The number of rotatable bonds is 2. The van der Waals surface area contributed by atoms with E-state index in [0.717, 1.165) is 25.9 Å². The van der Waals surface area contributed by atoms with Gasteiger partial charge in [-0.1, -0.05) is 13.8 Å². The average molecular weight is 239 g/mol. The summed E-state index contributed by atoms with van der Waals surface area (Å²) in [6.07, 6.45) is 2.42. The van der Waals surface area contributed by atoms with Gasteiger partial charge in [-0.05, 0) is 45.8 Å². The Hall–Kier alpha value is -0.610. The lowest BCUT2D eigenvalue weighted by molar-refractivity contribution is -0.133. The average Bonchev–Trinajstić information content (AvgIpc) is 2.56. The Morgan fingerprint density at radius 2 is 1.88 bits per heavy atom. The lowest BCUT2D eigenvalue weighted by Gasteiger charge is -2.37. The number of piperidine rings is 1. The molecule has 1 amide bonds. The maximum Gasteiger partial charge on any atom is 0.241 e. The smallest absolute Gasteiger partial charge is 0.241 e. The molecule has 2 atom stereocenters. The van der Waals surface area contributed by atoms with Crippen LogP contribution >= 0.6 is 0 Å². The number of nitrogens with zero attached hydrogens (tertiary/aromatic N) is 2. The van der Waals surface area contributed by atoms with Gasteiger partial charge in [-0.3, -0.25) is 10.1 Å². The van der Waals surface area contributed by atoms with Gasteiger partial charge in [0.15, 0.2) is 0 Å². The second kappa shape index (κ2) is 4.94. The summed E-state index contributed by atoms with van der Waals surface area (Å²) in [7, 11) is 2.15. The van der Waals surface area contributed by atoms with Crippen molar-refractivity contribution in [2.24, 2.45) is 5.92 Å². The molecule has 4 nitrogen and oxygen atoms in total.